The Morgan fingerprint density at radius 2 is 2.33 bits per heavy atom. The van der Waals surface area contributed by atoms with Gasteiger partial charge in [-0.15, -0.1) is 0 Å². The average Bonchev–Trinajstić information content (AvgIpc) is 1.90. The van der Waals surface area contributed by atoms with Gasteiger partial charge in [0.2, 0.25) is 0 Å². The van der Waals surface area contributed by atoms with Crippen molar-refractivity contribution in [1.82, 2.24) is 0 Å². The quantitative estimate of drug-likeness (QED) is 0.513. The Labute approximate surface area is 54.3 Å². The van der Waals surface area contributed by atoms with E-state index in [0.29, 0.717) is 12.3 Å². The van der Waals surface area contributed by atoms with Crippen molar-refractivity contribution in [1.29, 1.82) is 5.41 Å². The predicted molar refractivity (Wildman–Crippen MR) is 36.3 cm³/mol. The lowest BCUT2D eigenvalue weighted by Gasteiger charge is -2.10. The fourth-order valence-electron chi connectivity index (χ4n) is 0.766. The summed E-state index contributed by atoms with van der Waals surface area (Å²) in [6, 6.07) is 0. The molecule has 50 valence electrons. The van der Waals surface area contributed by atoms with Crippen LogP contribution in [-0.2, 0) is 4.74 Å². The van der Waals surface area contributed by atoms with E-state index in [4.69, 9.17) is 10.1 Å². The van der Waals surface area contributed by atoms with Crippen LogP contribution in [0.5, 0.6) is 0 Å². The highest BCUT2D eigenvalue weighted by atomic mass is 16.5. The molecule has 0 spiro atoms. The summed E-state index contributed by atoms with van der Waals surface area (Å²) in [7, 11) is 1.62. The van der Waals surface area contributed by atoms with Gasteiger partial charge in [0.05, 0.1) is 13.7 Å². The zero-order valence-electron chi connectivity index (χ0n) is 5.48. The highest BCUT2D eigenvalue weighted by Gasteiger charge is 2.07. The van der Waals surface area contributed by atoms with Crippen molar-refractivity contribution in [2.75, 3.05) is 13.7 Å². The van der Waals surface area contributed by atoms with Crippen LogP contribution in [0.4, 0.5) is 0 Å². The molecule has 1 heterocycles. The maximum Gasteiger partial charge on any atom is 0.183 e. The molecule has 1 aliphatic rings. The number of hydrogen-bond acceptors (Lipinski definition) is 3. The second-order valence-corrected chi connectivity index (χ2v) is 2.02. The molecule has 0 radical (unpaired) electrons. The zero-order valence-corrected chi connectivity index (χ0v) is 5.48. The average molecular weight is 126 g/mol. The number of ether oxygens (including phenoxy) is 1. The number of hydrogen-bond donors (Lipinski definition) is 1. The summed E-state index contributed by atoms with van der Waals surface area (Å²) < 4.78 is 4.89. The maximum absolute atomic E-state index is 7.19. The molecule has 0 saturated carbocycles. The molecule has 3 heteroatoms. The van der Waals surface area contributed by atoms with Crippen LogP contribution in [0.1, 0.15) is 12.8 Å². The van der Waals surface area contributed by atoms with Crippen LogP contribution in [0.2, 0.25) is 0 Å². The minimum absolute atomic E-state index is 0.531. The van der Waals surface area contributed by atoms with Crippen molar-refractivity contribution < 1.29 is 4.74 Å². The minimum atomic E-state index is 0.531. The van der Waals surface area contributed by atoms with Crippen molar-refractivity contribution in [3.05, 3.63) is 0 Å². The van der Waals surface area contributed by atoms with Gasteiger partial charge in [-0.3, -0.25) is 0 Å². The second kappa shape index (κ2) is 2.62. The largest absolute Gasteiger partial charge is 0.484 e. The molecule has 0 aromatic rings. The predicted octanol–water partition coefficient (Wildman–Crippen LogP) is 0.845. The molecule has 0 aromatic heterocycles. The molecule has 0 atom stereocenters. The Hall–Kier alpha value is -0.860. The summed E-state index contributed by atoms with van der Waals surface area (Å²) in [6.45, 7) is 0.531. The van der Waals surface area contributed by atoms with Gasteiger partial charge in [-0.05, 0) is 6.42 Å². The molecule has 0 unspecified atom stereocenters. The third kappa shape index (κ3) is 1.52. The first kappa shape index (κ1) is 6.26. The lowest BCUT2D eigenvalue weighted by molar-refractivity contribution is 0.387. The summed E-state index contributed by atoms with van der Waals surface area (Å²) in [4.78, 5) is 4.00. The minimum Gasteiger partial charge on any atom is -0.484 e. The normalized spacial score (nSPS) is 19.2. The molecule has 0 fully saturated rings. The highest BCUT2D eigenvalue weighted by molar-refractivity contribution is 5.92. The van der Waals surface area contributed by atoms with E-state index in [2.05, 4.69) is 4.99 Å². The maximum atomic E-state index is 7.19. The molecule has 0 aliphatic carbocycles. The number of aliphatic imine (C=N–C) groups is 1. The van der Waals surface area contributed by atoms with Gasteiger partial charge in [0.25, 0.3) is 0 Å². The van der Waals surface area contributed by atoms with E-state index in [1.165, 1.54) is 0 Å². The van der Waals surface area contributed by atoms with E-state index in [-0.39, 0.29) is 0 Å². The van der Waals surface area contributed by atoms with Crippen molar-refractivity contribution in [2.24, 2.45) is 4.99 Å². The molecular weight excluding hydrogens is 116 g/mol. The van der Waals surface area contributed by atoms with Crippen molar-refractivity contribution in [2.45, 2.75) is 12.8 Å². The molecule has 1 rings (SSSR count). The number of nitrogens with one attached hydrogen (secondary N) is 1. The van der Waals surface area contributed by atoms with Gasteiger partial charge in [-0.25, -0.2) is 4.99 Å². The molecule has 1 N–H and O–H groups in total. The van der Waals surface area contributed by atoms with Crippen LogP contribution in [0.15, 0.2) is 4.99 Å². The molecule has 0 amide bonds. The second-order valence-electron chi connectivity index (χ2n) is 2.02. The molecule has 0 aromatic carbocycles. The molecule has 9 heavy (non-hydrogen) atoms. The molecule has 1 aliphatic heterocycles. The summed E-state index contributed by atoms with van der Waals surface area (Å²) in [5, 5.41) is 7.19. The summed E-state index contributed by atoms with van der Waals surface area (Å²) in [5.41, 5.74) is 0.704. The molecule has 3 nitrogen and oxygen atoms in total. The first-order valence-electron chi connectivity index (χ1n) is 2.96. The number of rotatable bonds is 0. The van der Waals surface area contributed by atoms with Crippen molar-refractivity contribution in [3.63, 3.8) is 0 Å². The van der Waals surface area contributed by atoms with E-state index in [1.807, 2.05) is 0 Å². The van der Waals surface area contributed by atoms with Crippen LogP contribution >= 0.6 is 0 Å². The topological polar surface area (TPSA) is 45.4 Å². The number of nitrogens with zero attached hydrogens (tertiary/aromatic N) is 1. The van der Waals surface area contributed by atoms with E-state index in [0.717, 1.165) is 18.7 Å². The first-order valence-corrected chi connectivity index (χ1v) is 2.96. The van der Waals surface area contributed by atoms with E-state index in [1.54, 1.807) is 7.11 Å². The van der Waals surface area contributed by atoms with Gasteiger partial charge in [-0.2, -0.15) is 0 Å². The molecular formula is C6H10N2O. The SMILES string of the molecule is COC1=NCC(=N)CC1. The van der Waals surface area contributed by atoms with Crippen LogP contribution < -0.4 is 0 Å². The Balaban J connectivity index is 2.50. The Morgan fingerprint density at radius 3 is 2.78 bits per heavy atom. The monoisotopic (exact) mass is 126 g/mol. The van der Waals surface area contributed by atoms with Gasteiger partial charge in [0.1, 0.15) is 0 Å². The van der Waals surface area contributed by atoms with Gasteiger partial charge < -0.3 is 10.1 Å². The fraction of sp³-hybridized carbons (Fsp3) is 0.667. The lowest BCUT2D eigenvalue weighted by Crippen LogP contribution is -2.15. The Morgan fingerprint density at radius 1 is 1.56 bits per heavy atom. The van der Waals surface area contributed by atoms with Gasteiger partial charge >= 0.3 is 0 Å². The van der Waals surface area contributed by atoms with E-state index in [9.17, 15) is 0 Å². The van der Waals surface area contributed by atoms with Crippen LogP contribution in [0.25, 0.3) is 0 Å². The van der Waals surface area contributed by atoms with E-state index < -0.39 is 0 Å². The van der Waals surface area contributed by atoms with Gasteiger partial charge in [0, 0.05) is 12.1 Å². The first-order chi connectivity index (χ1) is 4.33. The van der Waals surface area contributed by atoms with Crippen LogP contribution in [0.3, 0.4) is 0 Å². The standard InChI is InChI=1S/C6H10N2O/c1-9-6-3-2-5(7)4-8-6/h7H,2-4H2,1H3. The molecule has 0 bridgehead atoms. The smallest absolute Gasteiger partial charge is 0.183 e. The van der Waals surface area contributed by atoms with Crippen LogP contribution in [-0.4, -0.2) is 25.3 Å². The summed E-state index contributed by atoms with van der Waals surface area (Å²) in [5.74, 6) is 0.783. The summed E-state index contributed by atoms with van der Waals surface area (Å²) in [6.07, 6.45) is 1.61. The van der Waals surface area contributed by atoms with E-state index >= 15 is 0 Å². The Bertz CT molecular complexity index is 151. The zero-order chi connectivity index (χ0) is 6.69. The third-order valence-electron chi connectivity index (χ3n) is 1.32. The van der Waals surface area contributed by atoms with Gasteiger partial charge in [-0.1, -0.05) is 0 Å². The number of methoxy groups -OCH3 is 1. The Kier molecular flexibility index (Phi) is 1.82. The molecule has 0 saturated heterocycles. The summed E-state index contributed by atoms with van der Waals surface area (Å²) >= 11 is 0. The lowest BCUT2D eigenvalue weighted by atomic mass is 10.2. The fourth-order valence-corrected chi connectivity index (χ4v) is 0.766. The van der Waals surface area contributed by atoms with Crippen LogP contribution in [0, 0.1) is 5.41 Å². The van der Waals surface area contributed by atoms with Crippen molar-refractivity contribution in [3.8, 4) is 0 Å². The van der Waals surface area contributed by atoms with Crippen molar-refractivity contribution >= 4 is 11.6 Å². The highest BCUT2D eigenvalue weighted by Crippen LogP contribution is 2.02. The third-order valence-corrected chi connectivity index (χ3v) is 1.32. The van der Waals surface area contributed by atoms with Gasteiger partial charge in [0.15, 0.2) is 5.90 Å².